The smallest absolute Gasteiger partial charge is 0.169 e. The average molecular weight is 242 g/mol. The van der Waals surface area contributed by atoms with Crippen LogP contribution in [0.2, 0.25) is 0 Å². The van der Waals surface area contributed by atoms with Crippen molar-refractivity contribution >= 4 is 0 Å². The summed E-state index contributed by atoms with van der Waals surface area (Å²) in [5.74, 6) is 2.33. The van der Waals surface area contributed by atoms with Gasteiger partial charge in [0.25, 0.3) is 0 Å². The van der Waals surface area contributed by atoms with Crippen molar-refractivity contribution in [1.82, 2.24) is 0 Å². The molecular weight excluding hydrogens is 224 g/mol. The fourth-order valence-electron chi connectivity index (χ4n) is 1.78. The van der Waals surface area contributed by atoms with Crippen LogP contribution in [0, 0.1) is 6.92 Å². The maximum absolute atomic E-state index is 5.86. The third-order valence-corrected chi connectivity index (χ3v) is 2.88. The van der Waals surface area contributed by atoms with Crippen molar-refractivity contribution in [3.05, 3.63) is 53.6 Å². The van der Waals surface area contributed by atoms with Gasteiger partial charge in [-0.1, -0.05) is 25.1 Å². The molecule has 0 radical (unpaired) electrons. The molecule has 0 fully saturated rings. The maximum atomic E-state index is 5.86. The predicted octanol–water partition coefficient (Wildman–Crippen LogP) is 4.36. The first kappa shape index (κ1) is 12.5. The van der Waals surface area contributed by atoms with Gasteiger partial charge in [-0.2, -0.15) is 0 Å². The molecule has 0 bridgehead atoms. The molecule has 0 heterocycles. The van der Waals surface area contributed by atoms with E-state index >= 15 is 0 Å². The van der Waals surface area contributed by atoms with Crippen molar-refractivity contribution < 1.29 is 9.47 Å². The predicted molar refractivity (Wildman–Crippen MR) is 73.6 cm³/mol. The zero-order valence-electron chi connectivity index (χ0n) is 11.1. The normalized spacial score (nSPS) is 10.2. The Bertz CT molecular complexity index is 515. The number of rotatable bonds is 4. The van der Waals surface area contributed by atoms with Gasteiger partial charge >= 0.3 is 0 Å². The summed E-state index contributed by atoms with van der Waals surface area (Å²) in [7, 11) is 1.65. The van der Waals surface area contributed by atoms with Gasteiger partial charge in [0.15, 0.2) is 11.5 Å². The zero-order valence-corrected chi connectivity index (χ0v) is 11.1. The largest absolute Gasteiger partial charge is 0.493 e. The Morgan fingerprint density at radius 2 is 1.67 bits per heavy atom. The topological polar surface area (TPSA) is 18.5 Å². The van der Waals surface area contributed by atoms with Crippen LogP contribution in [0.1, 0.15) is 18.1 Å². The second kappa shape index (κ2) is 5.58. The van der Waals surface area contributed by atoms with Crippen molar-refractivity contribution in [1.29, 1.82) is 0 Å². The van der Waals surface area contributed by atoms with Gasteiger partial charge in [0.2, 0.25) is 0 Å². The van der Waals surface area contributed by atoms with E-state index in [0.717, 1.165) is 29.2 Å². The van der Waals surface area contributed by atoms with Crippen LogP contribution in [-0.4, -0.2) is 7.11 Å². The van der Waals surface area contributed by atoms with Crippen LogP contribution >= 0.6 is 0 Å². The van der Waals surface area contributed by atoms with Crippen LogP contribution in [0.25, 0.3) is 0 Å². The number of aryl methyl sites for hydroxylation is 2. The highest BCUT2D eigenvalue weighted by molar-refractivity contribution is 5.45. The zero-order chi connectivity index (χ0) is 13.0. The van der Waals surface area contributed by atoms with Gasteiger partial charge in [-0.05, 0) is 48.7 Å². The molecule has 0 saturated carbocycles. The van der Waals surface area contributed by atoms with Crippen LogP contribution in [0.4, 0.5) is 0 Å². The van der Waals surface area contributed by atoms with E-state index in [1.165, 1.54) is 5.56 Å². The van der Waals surface area contributed by atoms with Crippen LogP contribution < -0.4 is 9.47 Å². The molecule has 2 aromatic carbocycles. The van der Waals surface area contributed by atoms with Crippen molar-refractivity contribution in [3.63, 3.8) is 0 Å². The van der Waals surface area contributed by atoms with Gasteiger partial charge in [-0.15, -0.1) is 0 Å². The van der Waals surface area contributed by atoms with E-state index in [1.807, 2.05) is 37.3 Å². The highest BCUT2D eigenvalue weighted by Crippen LogP contribution is 2.32. The molecule has 0 saturated heterocycles. The Hall–Kier alpha value is -1.96. The molecule has 0 aromatic heterocycles. The van der Waals surface area contributed by atoms with E-state index in [9.17, 15) is 0 Å². The molecule has 0 amide bonds. The molecular formula is C16H18O2. The molecule has 94 valence electrons. The molecule has 2 nitrogen and oxygen atoms in total. The lowest BCUT2D eigenvalue weighted by Crippen LogP contribution is -1.91. The minimum atomic E-state index is 0.750. The first-order valence-electron chi connectivity index (χ1n) is 6.14. The standard InChI is InChI=1S/C16H18O2/c1-4-13-6-8-14(9-7-13)18-16-11-12(2)5-10-15(16)17-3/h5-11H,4H2,1-3H3. The van der Waals surface area contributed by atoms with E-state index in [0.29, 0.717) is 0 Å². The quantitative estimate of drug-likeness (QED) is 0.793. The number of ether oxygens (including phenoxy) is 2. The molecule has 0 aliphatic heterocycles. The fourth-order valence-corrected chi connectivity index (χ4v) is 1.78. The first-order valence-corrected chi connectivity index (χ1v) is 6.14. The van der Waals surface area contributed by atoms with Crippen LogP contribution in [0.3, 0.4) is 0 Å². The van der Waals surface area contributed by atoms with Gasteiger partial charge in [0.1, 0.15) is 5.75 Å². The van der Waals surface area contributed by atoms with Crippen LogP contribution in [0.15, 0.2) is 42.5 Å². The van der Waals surface area contributed by atoms with Crippen molar-refractivity contribution in [3.8, 4) is 17.2 Å². The summed E-state index contributed by atoms with van der Waals surface area (Å²) in [6, 6.07) is 14.0. The Morgan fingerprint density at radius 1 is 0.944 bits per heavy atom. The number of hydrogen-bond acceptors (Lipinski definition) is 2. The molecule has 2 rings (SSSR count). The molecule has 0 N–H and O–H groups in total. The second-order valence-electron chi connectivity index (χ2n) is 4.25. The van der Waals surface area contributed by atoms with E-state index in [-0.39, 0.29) is 0 Å². The average Bonchev–Trinajstić information content (AvgIpc) is 2.40. The summed E-state index contributed by atoms with van der Waals surface area (Å²) in [6.45, 7) is 4.17. The molecule has 0 aliphatic carbocycles. The highest BCUT2D eigenvalue weighted by atomic mass is 16.5. The summed E-state index contributed by atoms with van der Waals surface area (Å²) < 4.78 is 11.1. The Kier molecular flexibility index (Phi) is 3.88. The molecule has 2 aromatic rings. The molecule has 2 heteroatoms. The highest BCUT2D eigenvalue weighted by Gasteiger charge is 2.05. The summed E-state index contributed by atoms with van der Waals surface area (Å²) in [5, 5.41) is 0. The molecule has 0 atom stereocenters. The van der Waals surface area contributed by atoms with E-state index in [4.69, 9.17) is 9.47 Å². The van der Waals surface area contributed by atoms with Gasteiger partial charge in [-0.3, -0.25) is 0 Å². The third kappa shape index (κ3) is 2.83. The van der Waals surface area contributed by atoms with Crippen molar-refractivity contribution in [2.45, 2.75) is 20.3 Å². The Labute approximate surface area is 108 Å². The van der Waals surface area contributed by atoms with Crippen molar-refractivity contribution in [2.24, 2.45) is 0 Å². The molecule has 0 spiro atoms. The number of methoxy groups -OCH3 is 1. The molecule has 0 unspecified atom stereocenters. The van der Waals surface area contributed by atoms with E-state index in [2.05, 4.69) is 19.1 Å². The second-order valence-corrected chi connectivity index (χ2v) is 4.25. The Balaban J connectivity index is 2.24. The minimum absolute atomic E-state index is 0.750. The maximum Gasteiger partial charge on any atom is 0.169 e. The van der Waals surface area contributed by atoms with E-state index < -0.39 is 0 Å². The van der Waals surface area contributed by atoms with Gasteiger partial charge in [0, 0.05) is 0 Å². The number of hydrogen-bond donors (Lipinski definition) is 0. The SMILES string of the molecule is CCc1ccc(Oc2cc(C)ccc2OC)cc1. The molecule has 18 heavy (non-hydrogen) atoms. The Morgan fingerprint density at radius 3 is 2.28 bits per heavy atom. The van der Waals surface area contributed by atoms with Crippen LogP contribution in [0.5, 0.6) is 17.2 Å². The summed E-state index contributed by atoms with van der Waals surface area (Å²) in [4.78, 5) is 0. The van der Waals surface area contributed by atoms with Crippen LogP contribution in [-0.2, 0) is 6.42 Å². The molecule has 0 aliphatic rings. The van der Waals surface area contributed by atoms with Gasteiger partial charge in [0.05, 0.1) is 7.11 Å². The minimum Gasteiger partial charge on any atom is -0.493 e. The van der Waals surface area contributed by atoms with E-state index in [1.54, 1.807) is 7.11 Å². The first-order chi connectivity index (χ1) is 8.72. The van der Waals surface area contributed by atoms with Crippen molar-refractivity contribution in [2.75, 3.05) is 7.11 Å². The monoisotopic (exact) mass is 242 g/mol. The van der Waals surface area contributed by atoms with Gasteiger partial charge in [-0.25, -0.2) is 0 Å². The lowest BCUT2D eigenvalue weighted by molar-refractivity contribution is 0.378. The fraction of sp³-hybridized carbons (Fsp3) is 0.250. The van der Waals surface area contributed by atoms with Gasteiger partial charge < -0.3 is 9.47 Å². The summed E-state index contributed by atoms with van der Waals surface area (Å²) in [6.07, 6.45) is 1.04. The summed E-state index contributed by atoms with van der Waals surface area (Å²) >= 11 is 0. The lowest BCUT2D eigenvalue weighted by atomic mass is 10.2. The third-order valence-electron chi connectivity index (χ3n) is 2.88. The summed E-state index contributed by atoms with van der Waals surface area (Å²) in [5.41, 5.74) is 2.45. The number of benzene rings is 2. The lowest BCUT2D eigenvalue weighted by Gasteiger charge is -2.11.